The first-order valence-electron chi connectivity index (χ1n) is 9.69. The van der Waals surface area contributed by atoms with E-state index in [2.05, 4.69) is 20.8 Å². The van der Waals surface area contributed by atoms with Gasteiger partial charge in [0, 0.05) is 23.8 Å². The molecule has 3 N–H and O–H groups in total. The van der Waals surface area contributed by atoms with Crippen LogP contribution >= 0.6 is 0 Å². The molecule has 0 saturated carbocycles. The van der Waals surface area contributed by atoms with Crippen LogP contribution in [0.3, 0.4) is 0 Å². The minimum absolute atomic E-state index is 0.0291. The van der Waals surface area contributed by atoms with Crippen LogP contribution in [0.25, 0.3) is 0 Å². The second-order valence-electron chi connectivity index (χ2n) is 6.29. The number of aromatic nitrogens is 2. The van der Waals surface area contributed by atoms with Crippen molar-refractivity contribution in [2.45, 2.75) is 13.8 Å². The lowest BCUT2D eigenvalue weighted by Gasteiger charge is -2.17. The van der Waals surface area contributed by atoms with E-state index in [0.717, 1.165) is 0 Å². The van der Waals surface area contributed by atoms with E-state index in [1.807, 2.05) is 13.0 Å². The molecule has 2 aromatic carbocycles. The normalized spacial score (nSPS) is 10.3. The fourth-order valence-corrected chi connectivity index (χ4v) is 2.75. The molecular formula is C22H22N4O5. The van der Waals surface area contributed by atoms with Gasteiger partial charge in [0.25, 0.3) is 17.4 Å². The van der Waals surface area contributed by atoms with E-state index in [0.29, 0.717) is 41.7 Å². The van der Waals surface area contributed by atoms with E-state index in [1.165, 1.54) is 12.1 Å². The van der Waals surface area contributed by atoms with Gasteiger partial charge in [-0.1, -0.05) is 18.2 Å². The molecular weight excluding hydrogens is 400 g/mol. The summed E-state index contributed by atoms with van der Waals surface area (Å²) in [4.78, 5) is 36.3. The number of benzene rings is 2. The molecule has 160 valence electrons. The van der Waals surface area contributed by atoms with Crippen LogP contribution in [0.15, 0.2) is 59.4 Å². The van der Waals surface area contributed by atoms with Crippen LogP contribution in [0.5, 0.6) is 11.5 Å². The van der Waals surface area contributed by atoms with Gasteiger partial charge in [0.1, 0.15) is 17.2 Å². The minimum Gasteiger partial charge on any atom is -0.492 e. The molecule has 1 heterocycles. The second-order valence-corrected chi connectivity index (χ2v) is 6.29. The van der Waals surface area contributed by atoms with Crippen molar-refractivity contribution in [1.82, 2.24) is 10.2 Å². The smallest absolute Gasteiger partial charge is 0.276 e. The Morgan fingerprint density at radius 1 is 0.871 bits per heavy atom. The standard InChI is InChI=1S/C22H22N4O5/c1-3-30-18-13-17(24-22(29)15-10-11-20(27)26-25-15)19(31-4-2)12-16(18)23-21(28)14-8-6-5-7-9-14/h5-13H,3-4H2,1-2H3,(H,23,28)(H,24,29)(H,26,27). The third kappa shape index (κ3) is 5.47. The van der Waals surface area contributed by atoms with Crippen molar-refractivity contribution >= 4 is 23.2 Å². The van der Waals surface area contributed by atoms with Crippen LogP contribution in [-0.4, -0.2) is 35.2 Å². The summed E-state index contributed by atoms with van der Waals surface area (Å²) in [5.41, 5.74) is 0.843. The van der Waals surface area contributed by atoms with E-state index in [-0.39, 0.29) is 11.6 Å². The highest BCUT2D eigenvalue weighted by Gasteiger charge is 2.18. The highest BCUT2D eigenvalue weighted by molar-refractivity contribution is 6.06. The van der Waals surface area contributed by atoms with E-state index < -0.39 is 11.5 Å². The summed E-state index contributed by atoms with van der Waals surface area (Å²) in [7, 11) is 0. The van der Waals surface area contributed by atoms with Gasteiger partial charge in [-0.2, -0.15) is 5.10 Å². The van der Waals surface area contributed by atoms with Crippen LogP contribution in [0.4, 0.5) is 11.4 Å². The van der Waals surface area contributed by atoms with Crippen molar-refractivity contribution in [3.05, 3.63) is 76.2 Å². The molecule has 3 rings (SSSR count). The van der Waals surface area contributed by atoms with Crippen molar-refractivity contribution in [1.29, 1.82) is 0 Å². The van der Waals surface area contributed by atoms with Crippen molar-refractivity contribution in [2.24, 2.45) is 0 Å². The van der Waals surface area contributed by atoms with E-state index >= 15 is 0 Å². The van der Waals surface area contributed by atoms with Gasteiger partial charge >= 0.3 is 0 Å². The summed E-state index contributed by atoms with van der Waals surface area (Å²) in [6, 6.07) is 14.4. The Labute approximate surface area is 178 Å². The third-order valence-electron chi connectivity index (χ3n) is 4.13. The van der Waals surface area contributed by atoms with Crippen LogP contribution in [0.2, 0.25) is 0 Å². The molecule has 31 heavy (non-hydrogen) atoms. The molecule has 0 bridgehead atoms. The number of rotatable bonds is 8. The number of anilines is 2. The van der Waals surface area contributed by atoms with Crippen molar-refractivity contribution in [3.63, 3.8) is 0 Å². The highest BCUT2D eigenvalue weighted by atomic mass is 16.5. The maximum atomic E-state index is 12.6. The number of amides is 2. The van der Waals surface area contributed by atoms with Gasteiger partial charge in [-0.05, 0) is 32.0 Å². The first-order valence-corrected chi connectivity index (χ1v) is 9.69. The topological polar surface area (TPSA) is 122 Å². The van der Waals surface area contributed by atoms with Crippen LogP contribution < -0.4 is 25.7 Å². The fourth-order valence-electron chi connectivity index (χ4n) is 2.75. The first-order chi connectivity index (χ1) is 15.0. The maximum Gasteiger partial charge on any atom is 0.276 e. The lowest BCUT2D eigenvalue weighted by atomic mass is 10.2. The average Bonchev–Trinajstić information content (AvgIpc) is 2.77. The van der Waals surface area contributed by atoms with Crippen LogP contribution in [0, 0.1) is 0 Å². The fraction of sp³-hybridized carbons (Fsp3) is 0.182. The van der Waals surface area contributed by atoms with Crippen molar-refractivity contribution < 1.29 is 19.1 Å². The first kappa shape index (κ1) is 21.6. The minimum atomic E-state index is -0.541. The van der Waals surface area contributed by atoms with Gasteiger partial charge in [0.15, 0.2) is 0 Å². The van der Waals surface area contributed by atoms with Gasteiger partial charge in [-0.3, -0.25) is 14.4 Å². The molecule has 9 heteroatoms. The van der Waals surface area contributed by atoms with Crippen molar-refractivity contribution in [2.75, 3.05) is 23.8 Å². The third-order valence-corrected chi connectivity index (χ3v) is 4.13. The predicted molar refractivity (Wildman–Crippen MR) is 116 cm³/mol. The molecule has 2 amide bonds. The number of carbonyl (C=O) groups is 2. The Kier molecular flexibility index (Phi) is 7.00. The number of carbonyl (C=O) groups excluding carboxylic acids is 2. The molecule has 0 atom stereocenters. The molecule has 9 nitrogen and oxygen atoms in total. The van der Waals surface area contributed by atoms with E-state index in [1.54, 1.807) is 43.3 Å². The van der Waals surface area contributed by atoms with Gasteiger partial charge in [0.2, 0.25) is 0 Å². The molecule has 0 aliphatic rings. The van der Waals surface area contributed by atoms with Crippen LogP contribution in [-0.2, 0) is 0 Å². The average molecular weight is 422 g/mol. The molecule has 0 unspecified atom stereocenters. The van der Waals surface area contributed by atoms with Crippen molar-refractivity contribution in [3.8, 4) is 11.5 Å². The molecule has 0 saturated heterocycles. The summed E-state index contributed by atoms with van der Waals surface area (Å²) in [5.74, 6) is -0.147. The summed E-state index contributed by atoms with van der Waals surface area (Å²) < 4.78 is 11.3. The summed E-state index contributed by atoms with van der Waals surface area (Å²) in [6.45, 7) is 4.28. The number of nitrogens with one attached hydrogen (secondary N) is 3. The largest absolute Gasteiger partial charge is 0.492 e. The Morgan fingerprint density at radius 3 is 1.97 bits per heavy atom. The lowest BCUT2D eigenvalue weighted by molar-refractivity contribution is 0.101. The number of aromatic amines is 1. The Morgan fingerprint density at radius 2 is 1.45 bits per heavy atom. The Bertz CT molecular complexity index is 1110. The second kappa shape index (κ2) is 10.1. The summed E-state index contributed by atoms with van der Waals surface area (Å²) in [5, 5.41) is 11.5. The predicted octanol–water partition coefficient (Wildman–Crippen LogP) is 3.07. The Balaban J connectivity index is 1.93. The lowest BCUT2D eigenvalue weighted by Crippen LogP contribution is -2.18. The van der Waals surface area contributed by atoms with Gasteiger partial charge in [-0.15, -0.1) is 0 Å². The maximum absolute atomic E-state index is 12.6. The van der Waals surface area contributed by atoms with Crippen LogP contribution in [0.1, 0.15) is 34.7 Å². The van der Waals surface area contributed by atoms with Gasteiger partial charge in [0.05, 0.1) is 24.6 Å². The SMILES string of the molecule is CCOc1cc(NC(=O)c2ccc(=O)[nH]n2)c(OCC)cc1NC(=O)c1ccccc1. The highest BCUT2D eigenvalue weighted by Crippen LogP contribution is 2.37. The number of H-pyrrole nitrogens is 1. The van der Waals surface area contributed by atoms with Gasteiger partial charge in [-0.25, -0.2) is 5.10 Å². The molecule has 1 aromatic heterocycles. The zero-order valence-corrected chi connectivity index (χ0v) is 17.1. The number of hydrogen-bond acceptors (Lipinski definition) is 6. The molecule has 0 fully saturated rings. The molecule has 3 aromatic rings. The zero-order valence-electron chi connectivity index (χ0n) is 17.1. The summed E-state index contributed by atoms with van der Waals surface area (Å²) >= 11 is 0. The molecule has 0 aliphatic carbocycles. The van der Waals surface area contributed by atoms with Gasteiger partial charge < -0.3 is 20.1 Å². The number of nitrogens with zero attached hydrogens (tertiary/aromatic N) is 1. The Hall–Kier alpha value is -4.14. The zero-order chi connectivity index (χ0) is 22.2. The quantitative estimate of drug-likeness (QED) is 0.513. The monoisotopic (exact) mass is 422 g/mol. The number of ether oxygens (including phenoxy) is 2. The molecule has 0 aliphatic heterocycles. The molecule has 0 radical (unpaired) electrons. The molecule has 0 spiro atoms. The number of hydrogen-bond donors (Lipinski definition) is 3. The summed E-state index contributed by atoms with van der Waals surface area (Å²) in [6.07, 6.45) is 0. The van der Waals surface area contributed by atoms with E-state index in [9.17, 15) is 14.4 Å². The van der Waals surface area contributed by atoms with E-state index in [4.69, 9.17) is 9.47 Å².